The van der Waals surface area contributed by atoms with Crippen LogP contribution >= 0.6 is 0 Å². The number of methoxy groups -OCH3 is 1. The fraction of sp³-hybridized carbons (Fsp3) is 0.200. The third-order valence-corrected chi connectivity index (χ3v) is 8.46. The van der Waals surface area contributed by atoms with E-state index < -0.39 is 0 Å². The second kappa shape index (κ2) is 11.9. The van der Waals surface area contributed by atoms with Gasteiger partial charge in [-0.3, -0.25) is 4.57 Å². The maximum absolute atomic E-state index is 6.62. The van der Waals surface area contributed by atoms with Crippen molar-refractivity contribution in [2.24, 2.45) is 0 Å². The SMILES string of the molecule is COc1cc(Oc2ccc3c4ccccc4n(-c4cc(C)ccn4)c3c2)cc(-n2nc(C(C)C)c(-c3ccccc3)c2C(C)C)c1. The molecule has 0 atom stereocenters. The van der Waals surface area contributed by atoms with Gasteiger partial charge in [0.05, 0.1) is 35.2 Å². The van der Waals surface area contributed by atoms with Crippen LogP contribution in [0.15, 0.2) is 109 Å². The number of nitrogens with zero attached hydrogens (tertiary/aromatic N) is 4. The Balaban J connectivity index is 1.36. The first-order valence-corrected chi connectivity index (χ1v) is 15.8. The summed E-state index contributed by atoms with van der Waals surface area (Å²) in [5, 5.41) is 7.53. The highest BCUT2D eigenvalue weighted by Gasteiger charge is 2.25. The largest absolute Gasteiger partial charge is 0.497 e. The minimum Gasteiger partial charge on any atom is -0.497 e. The lowest BCUT2D eigenvalue weighted by Gasteiger charge is -2.16. The molecule has 3 heterocycles. The Morgan fingerprint density at radius 3 is 2.15 bits per heavy atom. The highest BCUT2D eigenvalue weighted by atomic mass is 16.5. The zero-order valence-electron chi connectivity index (χ0n) is 27.2. The predicted molar refractivity (Wildman–Crippen MR) is 187 cm³/mol. The molecule has 0 bridgehead atoms. The number of aromatic nitrogens is 4. The molecule has 0 aliphatic carbocycles. The molecular weight excluding hydrogens is 568 g/mol. The molecule has 0 radical (unpaired) electrons. The summed E-state index contributed by atoms with van der Waals surface area (Å²) < 4.78 is 16.7. The van der Waals surface area contributed by atoms with Crippen LogP contribution in [0.1, 0.15) is 56.5 Å². The smallest absolute Gasteiger partial charge is 0.137 e. The number of ether oxygens (including phenoxy) is 2. The predicted octanol–water partition coefficient (Wildman–Crippen LogP) is 10.4. The van der Waals surface area contributed by atoms with Gasteiger partial charge in [-0.1, -0.05) is 76.2 Å². The van der Waals surface area contributed by atoms with Crippen LogP contribution in [-0.4, -0.2) is 26.4 Å². The molecule has 4 aromatic carbocycles. The summed E-state index contributed by atoms with van der Waals surface area (Å²) in [5.74, 6) is 3.44. The van der Waals surface area contributed by atoms with Crippen molar-refractivity contribution in [2.45, 2.75) is 46.5 Å². The first kappa shape index (κ1) is 29.4. The van der Waals surface area contributed by atoms with Crippen LogP contribution in [0.2, 0.25) is 0 Å². The first-order chi connectivity index (χ1) is 22.3. The second-order valence-electron chi connectivity index (χ2n) is 12.4. The molecule has 0 saturated heterocycles. The molecule has 0 aliphatic heterocycles. The van der Waals surface area contributed by atoms with E-state index in [9.17, 15) is 0 Å². The molecule has 3 aromatic heterocycles. The maximum atomic E-state index is 6.62. The molecule has 0 saturated carbocycles. The van der Waals surface area contributed by atoms with Crippen LogP contribution in [0.3, 0.4) is 0 Å². The maximum Gasteiger partial charge on any atom is 0.137 e. The molecule has 0 amide bonds. The topological polar surface area (TPSA) is 54.1 Å². The van der Waals surface area contributed by atoms with Crippen molar-refractivity contribution in [3.05, 3.63) is 126 Å². The van der Waals surface area contributed by atoms with Crippen molar-refractivity contribution in [1.82, 2.24) is 19.3 Å². The number of hydrogen-bond donors (Lipinski definition) is 0. The van der Waals surface area contributed by atoms with Gasteiger partial charge < -0.3 is 9.47 Å². The molecule has 0 spiro atoms. The van der Waals surface area contributed by atoms with E-state index in [4.69, 9.17) is 19.6 Å². The van der Waals surface area contributed by atoms with Gasteiger partial charge in [-0.2, -0.15) is 5.10 Å². The lowest BCUT2D eigenvalue weighted by Crippen LogP contribution is -2.05. The Labute approximate surface area is 269 Å². The number of para-hydroxylation sites is 1. The van der Waals surface area contributed by atoms with Gasteiger partial charge in [0, 0.05) is 46.8 Å². The summed E-state index contributed by atoms with van der Waals surface area (Å²) >= 11 is 0. The van der Waals surface area contributed by atoms with Crippen LogP contribution in [-0.2, 0) is 0 Å². The van der Waals surface area contributed by atoms with E-state index in [1.165, 1.54) is 16.5 Å². The molecule has 230 valence electrons. The number of hydrogen-bond acceptors (Lipinski definition) is 4. The Kier molecular flexibility index (Phi) is 7.57. The van der Waals surface area contributed by atoms with Crippen LogP contribution in [0.4, 0.5) is 0 Å². The monoisotopic (exact) mass is 606 g/mol. The molecular formula is C40H38N4O2. The molecule has 7 rings (SSSR count). The number of aryl methyl sites for hydroxylation is 1. The van der Waals surface area contributed by atoms with E-state index in [0.717, 1.165) is 50.6 Å². The highest BCUT2D eigenvalue weighted by Crippen LogP contribution is 2.40. The van der Waals surface area contributed by atoms with Crippen LogP contribution in [0.5, 0.6) is 17.2 Å². The first-order valence-electron chi connectivity index (χ1n) is 15.8. The van der Waals surface area contributed by atoms with Gasteiger partial charge in [-0.05, 0) is 60.2 Å². The number of rotatable bonds is 8. The quantitative estimate of drug-likeness (QED) is 0.173. The van der Waals surface area contributed by atoms with Gasteiger partial charge in [0.25, 0.3) is 0 Å². The summed E-state index contributed by atoms with van der Waals surface area (Å²) in [5.41, 5.74) is 8.78. The third-order valence-electron chi connectivity index (χ3n) is 8.46. The number of benzene rings is 4. The van der Waals surface area contributed by atoms with E-state index in [0.29, 0.717) is 11.5 Å². The van der Waals surface area contributed by atoms with Gasteiger partial charge >= 0.3 is 0 Å². The fourth-order valence-corrected chi connectivity index (χ4v) is 6.38. The van der Waals surface area contributed by atoms with E-state index in [1.807, 2.05) is 36.5 Å². The Morgan fingerprint density at radius 2 is 1.41 bits per heavy atom. The van der Waals surface area contributed by atoms with Crippen molar-refractivity contribution >= 4 is 21.8 Å². The van der Waals surface area contributed by atoms with Crippen LogP contribution in [0.25, 0.3) is 44.4 Å². The molecule has 46 heavy (non-hydrogen) atoms. The summed E-state index contributed by atoms with van der Waals surface area (Å²) in [4.78, 5) is 4.73. The molecule has 6 heteroatoms. The lowest BCUT2D eigenvalue weighted by molar-refractivity contribution is 0.408. The number of pyridine rings is 1. The van der Waals surface area contributed by atoms with Crippen molar-refractivity contribution in [3.63, 3.8) is 0 Å². The van der Waals surface area contributed by atoms with Crippen LogP contribution in [0, 0.1) is 6.92 Å². The van der Waals surface area contributed by atoms with Crippen molar-refractivity contribution < 1.29 is 9.47 Å². The van der Waals surface area contributed by atoms with E-state index >= 15 is 0 Å². The molecule has 0 N–H and O–H groups in total. The van der Waals surface area contributed by atoms with Crippen molar-refractivity contribution in [3.8, 4) is 39.9 Å². The zero-order chi connectivity index (χ0) is 31.9. The Hall–Kier alpha value is -5.36. The highest BCUT2D eigenvalue weighted by molar-refractivity contribution is 6.09. The Morgan fingerprint density at radius 1 is 0.674 bits per heavy atom. The zero-order valence-corrected chi connectivity index (χ0v) is 27.2. The Bertz CT molecular complexity index is 2190. The lowest BCUT2D eigenvalue weighted by atomic mass is 9.93. The molecule has 0 fully saturated rings. The summed E-state index contributed by atoms with van der Waals surface area (Å²) in [7, 11) is 1.68. The van der Waals surface area contributed by atoms with Gasteiger partial charge in [-0.25, -0.2) is 9.67 Å². The summed E-state index contributed by atoms with van der Waals surface area (Å²) in [6, 6.07) is 35.4. The summed E-state index contributed by atoms with van der Waals surface area (Å²) in [6.07, 6.45) is 1.86. The minimum atomic E-state index is 0.227. The van der Waals surface area contributed by atoms with Gasteiger partial charge in [-0.15, -0.1) is 0 Å². The van der Waals surface area contributed by atoms with Gasteiger partial charge in [0.2, 0.25) is 0 Å². The third kappa shape index (κ3) is 5.20. The number of fused-ring (bicyclic) bond motifs is 3. The average molecular weight is 607 g/mol. The normalized spacial score (nSPS) is 11.7. The van der Waals surface area contributed by atoms with Gasteiger partial charge in [0.15, 0.2) is 0 Å². The van der Waals surface area contributed by atoms with Crippen LogP contribution < -0.4 is 9.47 Å². The standard InChI is InChI=1S/C40H38N4O2/c1-25(2)39-38(28-12-8-7-9-13-28)40(26(3)4)44(42-39)29-21-31(45-6)23-32(22-29)46-30-16-17-34-33-14-10-11-15-35(33)43(36(34)24-30)37-20-27(5)18-19-41-37/h7-26H,1-6H3. The second-order valence-corrected chi connectivity index (χ2v) is 12.4. The van der Waals surface area contributed by atoms with E-state index in [1.54, 1.807) is 7.11 Å². The van der Waals surface area contributed by atoms with E-state index in [2.05, 4.69) is 117 Å². The van der Waals surface area contributed by atoms with Crippen molar-refractivity contribution in [1.29, 1.82) is 0 Å². The van der Waals surface area contributed by atoms with Crippen molar-refractivity contribution in [2.75, 3.05) is 7.11 Å². The molecule has 0 aliphatic rings. The summed E-state index contributed by atoms with van der Waals surface area (Å²) in [6.45, 7) is 10.9. The minimum absolute atomic E-state index is 0.227. The molecule has 7 aromatic rings. The van der Waals surface area contributed by atoms with Gasteiger partial charge in [0.1, 0.15) is 23.1 Å². The molecule has 0 unspecified atom stereocenters. The fourth-order valence-electron chi connectivity index (χ4n) is 6.38. The van der Waals surface area contributed by atoms with E-state index in [-0.39, 0.29) is 11.8 Å². The molecule has 6 nitrogen and oxygen atoms in total. The average Bonchev–Trinajstić information content (AvgIpc) is 3.62.